The molecule has 1 saturated carbocycles. The fourth-order valence-electron chi connectivity index (χ4n) is 5.76. The van der Waals surface area contributed by atoms with Gasteiger partial charge in [0, 0.05) is 26.2 Å². The van der Waals surface area contributed by atoms with Crippen molar-refractivity contribution in [3.05, 3.63) is 71.3 Å². The minimum Gasteiger partial charge on any atom is -0.348 e. The van der Waals surface area contributed by atoms with E-state index in [0.29, 0.717) is 6.54 Å². The molecule has 2 heterocycles. The van der Waals surface area contributed by atoms with Crippen LogP contribution in [0.15, 0.2) is 54.6 Å². The number of piperazine rings is 1. The van der Waals surface area contributed by atoms with Crippen molar-refractivity contribution in [1.82, 2.24) is 15.1 Å². The van der Waals surface area contributed by atoms with E-state index in [9.17, 15) is 9.59 Å². The van der Waals surface area contributed by atoms with Crippen molar-refractivity contribution >= 4 is 11.8 Å². The zero-order chi connectivity index (χ0) is 22.0. The van der Waals surface area contributed by atoms with Gasteiger partial charge in [-0.3, -0.25) is 14.5 Å². The first-order valence-electron chi connectivity index (χ1n) is 12.1. The van der Waals surface area contributed by atoms with Gasteiger partial charge in [0.1, 0.15) is 0 Å². The Kier molecular flexibility index (Phi) is 6.01. The van der Waals surface area contributed by atoms with E-state index < -0.39 is 0 Å². The maximum Gasteiger partial charge on any atom is 0.238 e. The van der Waals surface area contributed by atoms with Gasteiger partial charge in [-0.1, -0.05) is 67.4 Å². The molecular weight excluding hydrogens is 398 g/mol. The van der Waals surface area contributed by atoms with Crippen LogP contribution in [-0.4, -0.2) is 52.8 Å². The molecule has 1 atom stereocenters. The van der Waals surface area contributed by atoms with E-state index >= 15 is 0 Å². The summed E-state index contributed by atoms with van der Waals surface area (Å²) in [6, 6.07) is 18.4. The second-order valence-electron chi connectivity index (χ2n) is 9.74. The average molecular weight is 432 g/mol. The van der Waals surface area contributed by atoms with Gasteiger partial charge in [-0.2, -0.15) is 0 Å². The van der Waals surface area contributed by atoms with Gasteiger partial charge in [-0.25, -0.2) is 0 Å². The molecular formula is C27H33N3O2. The zero-order valence-electron chi connectivity index (χ0n) is 18.8. The van der Waals surface area contributed by atoms with Crippen molar-refractivity contribution in [2.75, 3.05) is 19.6 Å². The lowest BCUT2D eigenvalue weighted by molar-refractivity contribution is -0.142. The van der Waals surface area contributed by atoms with Gasteiger partial charge in [0.05, 0.1) is 18.0 Å². The number of carbonyl (C=O) groups excluding carboxylic acids is 2. The Bertz CT molecular complexity index is 968. The molecule has 5 nitrogen and oxygen atoms in total. The summed E-state index contributed by atoms with van der Waals surface area (Å²) in [4.78, 5) is 30.8. The van der Waals surface area contributed by atoms with Crippen molar-refractivity contribution in [1.29, 1.82) is 0 Å². The van der Waals surface area contributed by atoms with E-state index in [1.54, 1.807) is 0 Å². The molecule has 5 heteroatoms. The third kappa shape index (κ3) is 4.44. The number of carbonyl (C=O) groups is 2. The smallest absolute Gasteiger partial charge is 0.238 e. The predicted molar refractivity (Wildman–Crippen MR) is 125 cm³/mol. The van der Waals surface area contributed by atoms with Crippen LogP contribution in [0.2, 0.25) is 0 Å². The maximum absolute atomic E-state index is 13.3. The van der Waals surface area contributed by atoms with E-state index in [0.717, 1.165) is 45.3 Å². The molecule has 2 fully saturated rings. The molecule has 1 saturated heterocycles. The number of hydrogen-bond acceptors (Lipinski definition) is 3. The van der Waals surface area contributed by atoms with Gasteiger partial charge in [0.25, 0.3) is 0 Å². The van der Waals surface area contributed by atoms with E-state index in [4.69, 9.17) is 0 Å². The van der Waals surface area contributed by atoms with Crippen molar-refractivity contribution in [3.63, 3.8) is 0 Å². The highest BCUT2D eigenvalue weighted by atomic mass is 16.2. The summed E-state index contributed by atoms with van der Waals surface area (Å²) >= 11 is 0. The fraction of sp³-hybridized carbons (Fsp3) is 0.481. The molecule has 1 spiro atoms. The van der Waals surface area contributed by atoms with E-state index in [1.807, 2.05) is 17.0 Å². The van der Waals surface area contributed by atoms with Crippen molar-refractivity contribution in [2.45, 2.75) is 63.1 Å². The minimum absolute atomic E-state index is 0.0389. The fourth-order valence-corrected chi connectivity index (χ4v) is 5.76. The summed E-state index contributed by atoms with van der Waals surface area (Å²) in [7, 11) is 0. The summed E-state index contributed by atoms with van der Waals surface area (Å²) in [5.74, 6) is 0.128. The molecule has 1 N–H and O–H groups in total. The van der Waals surface area contributed by atoms with E-state index in [1.165, 1.54) is 29.5 Å². The van der Waals surface area contributed by atoms with Crippen molar-refractivity contribution in [2.24, 2.45) is 0 Å². The number of fused-ring (bicyclic) bond motifs is 1. The highest BCUT2D eigenvalue weighted by Crippen LogP contribution is 2.34. The SMILES string of the molecule is O=C1NC2(CCCC2)CN(CCc2ccccc2)C1CC(=O)N1CCc2ccccc2C1. The van der Waals surface area contributed by atoms with E-state index in [2.05, 4.69) is 52.7 Å². The Morgan fingerprint density at radius 1 is 1.00 bits per heavy atom. The highest BCUT2D eigenvalue weighted by molar-refractivity contribution is 5.89. The van der Waals surface area contributed by atoms with Crippen LogP contribution in [0, 0.1) is 0 Å². The second-order valence-corrected chi connectivity index (χ2v) is 9.74. The molecule has 168 valence electrons. The lowest BCUT2D eigenvalue weighted by Gasteiger charge is -2.46. The summed E-state index contributed by atoms with van der Waals surface area (Å²) in [6.07, 6.45) is 6.48. The van der Waals surface area contributed by atoms with Gasteiger partial charge < -0.3 is 10.2 Å². The van der Waals surface area contributed by atoms with Crippen LogP contribution in [-0.2, 0) is 29.0 Å². The molecule has 2 amide bonds. The van der Waals surface area contributed by atoms with Crippen molar-refractivity contribution in [3.8, 4) is 0 Å². The Morgan fingerprint density at radius 2 is 1.72 bits per heavy atom. The standard InChI is InChI=1S/C27H33N3O2/c31-25(29-17-13-22-10-4-5-11-23(22)19-29)18-24-26(32)28-27(14-6-7-15-27)20-30(24)16-12-21-8-2-1-3-9-21/h1-5,8-11,24H,6-7,12-20H2,(H,28,32). The third-order valence-electron chi connectivity index (χ3n) is 7.58. The molecule has 0 radical (unpaired) electrons. The van der Waals surface area contributed by atoms with E-state index in [-0.39, 0.29) is 29.8 Å². The van der Waals surface area contributed by atoms with Crippen LogP contribution >= 0.6 is 0 Å². The summed E-state index contributed by atoms with van der Waals surface area (Å²) in [5.41, 5.74) is 3.74. The average Bonchev–Trinajstić information content (AvgIpc) is 3.27. The van der Waals surface area contributed by atoms with Gasteiger partial charge in [0.15, 0.2) is 0 Å². The Labute approximate surface area is 190 Å². The summed E-state index contributed by atoms with van der Waals surface area (Å²) in [5, 5.41) is 3.34. The number of amides is 2. The number of benzene rings is 2. The maximum atomic E-state index is 13.3. The van der Waals surface area contributed by atoms with Gasteiger partial charge >= 0.3 is 0 Å². The first-order chi connectivity index (χ1) is 15.6. The Hall–Kier alpha value is -2.66. The van der Waals surface area contributed by atoms with Crippen LogP contribution in [0.5, 0.6) is 0 Å². The second kappa shape index (κ2) is 9.07. The number of nitrogens with zero attached hydrogens (tertiary/aromatic N) is 2. The Morgan fingerprint density at radius 3 is 2.50 bits per heavy atom. The zero-order valence-corrected chi connectivity index (χ0v) is 18.8. The largest absolute Gasteiger partial charge is 0.348 e. The van der Waals surface area contributed by atoms with Gasteiger partial charge in [-0.05, 0) is 42.4 Å². The number of hydrogen-bond donors (Lipinski definition) is 1. The monoisotopic (exact) mass is 431 g/mol. The first kappa shape index (κ1) is 21.2. The molecule has 3 aliphatic rings. The van der Waals surface area contributed by atoms with Crippen LogP contribution < -0.4 is 5.32 Å². The minimum atomic E-state index is -0.380. The van der Waals surface area contributed by atoms with Gasteiger partial charge in [0.2, 0.25) is 11.8 Å². The molecule has 32 heavy (non-hydrogen) atoms. The van der Waals surface area contributed by atoms with Gasteiger partial charge in [-0.15, -0.1) is 0 Å². The van der Waals surface area contributed by atoms with Crippen molar-refractivity contribution < 1.29 is 9.59 Å². The third-order valence-corrected chi connectivity index (χ3v) is 7.58. The summed E-state index contributed by atoms with van der Waals surface area (Å²) < 4.78 is 0. The molecule has 1 unspecified atom stereocenters. The highest BCUT2D eigenvalue weighted by Gasteiger charge is 2.45. The van der Waals surface area contributed by atoms with Crippen LogP contribution in [0.3, 0.4) is 0 Å². The molecule has 5 rings (SSSR count). The molecule has 1 aliphatic carbocycles. The number of nitrogens with one attached hydrogen (secondary N) is 1. The van der Waals surface area contributed by atoms with Crippen LogP contribution in [0.4, 0.5) is 0 Å². The summed E-state index contributed by atoms with van der Waals surface area (Å²) in [6.45, 7) is 3.04. The van der Waals surface area contributed by atoms with Crippen LogP contribution in [0.1, 0.15) is 48.8 Å². The number of rotatable bonds is 5. The topological polar surface area (TPSA) is 52.7 Å². The molecule has 2 aliphatic heterocycles. The lowest BCUT2D eigenvalue weighted by Crippen LogP contribution is -2.67. The molecule has 2 aromatic rings. The Balaban J connectivity index is 1.29. The lowest BCUT2D eigenvalue weighted by atomic mass is 9.90. The first-order valence-corrected chi connectivity index (χ1v) is 12.1. The molecule has 0 aromatic heterocycles. The quantitative estimate of drug-likeness (QED) is 0.790. The predicted octanol–water partition coefficient (Wildman–Crippen LogP) is 3.32. The normalized spacial score (nSPS) is 22.6. The van der Waals surface area contributed by atoms with Crippen LogP contribution in [0.25, 0.3) is 0 Å². The molecule has 2 aromatic carbocycles. The molecule has 0 bridgehead atoms.